The lowest BCUT2D eigenvalue weighted by molar-refractivity contribution is 0.395. The summed E-state index contributed by atoms with van der Waals surface area (Å²) in [7, 11) is 1.65. The number of benzene rings is 2. The van der Waals surface area contributed by atoms with Gasteiger partial charge in [0.05, 0.1) is 23.6 Å². The molecule has 0 saturated carbocycles. The van der Waals surface area contributed by atoms with Gasteiger partial charge in [-0.25, -0.2) is 0 Å². The third-order valence-corrected chi connectivity index (χ3v) is 6.65. The third-order valence-electron chi connectivity index (χ3n) is 5.38. The Morgan fingerprint density at radius 3 is 2.66 bits per heavy atom. The minimum Gasteiger partial charge on any atom is -0.496 e. The summed E-state index contributed by atoms with van der Waals surface area (Å²) in [6.45, 7) is 1.94. The number of hydrogen-bond acceptors (Lipinski definition) is 7. The molecule has 0 unspecified atom stereocenters. The monoisotopic (exact) mass is 467 g/mol. The highest BCUT2D eigenvalue weighted by Crippen LogP contribution is 2.34. The van der Waals surface area contributed by atoms with Crippen molar-refractivity contribution in [2.24, 2.45) is 0 Å². The molecule has 0 bridgehead atoms. The summed E-state index contributed by atoms with van der Waals surface area (Å²) in [6.07, 6.45) is 2.31. The summed E-state index contributed by atoms with van der Waals surface area (Å²) >= 11 is 8.08. The minimum absolute atomic E-state index is 0.560. The molecule has 1 aliphatic heterocycles. The van der Waals surface area contributed by atoms with Crippen LogP contribution in [0.3, 0.4) is 0 Å². The van der Waals surface area contributed by atoms with E-state index in [1.807, 2.05) is 59.2 Å². The van der Waals surface area contributed by atoms with Crippen molar-refractivity contribution in [3.63, 3.8) is 0 Å². The van der Waals surface area contributed by atoms with Crippen LogP contribution in [0.4, 0.5) is 5.95 Å². The number of thioether (sulfide) groups is 1. The highest BCUT2D eigenvalue weighted by atomic mass is 35.5. The molecule has 2 aromatic carbocycles. The quantitative estimate of drug-likeness (QED) is 0.333. The van der Waals surface area contributed by atoms with E-state index in [0.29, 0.717) is 10.8 Å². The van der Waals surface area contributed by atoms with Crippen molar-refractivity contribution in [3.05, 3.63) is 65.4 Å². The molecule has 2 aromatic heterocycles. The molecule has 32 heavy (non-hydrogen) atoms. The smallest absolute Gasteiger partial charge is 0.232 e. The van der Waals surface area contributed by atoms with E-state index in [9.17, 15) is 0 Å². The van der Waals surface area contributed by atoms with Gasteiger partial charge in [-0.2, -0.15) is 0 Å². The molecule has 3 heterocycles. The first-order valence-electron chi connectivity index (χ1n) is 10.4. The normalized spacial score (nSPS) is 13.6. The second kappa shape index (κ2) is 9.26. The van der Waals surface area contributed by atoms with E-state index in [1.54, 1.807) is 18.9 Å². The topological polar surface area (TPSA) is 69.2 Å². The average molecular weight is 468 g/mol. The number of methoxy groups -OCH3 is 1. The van der Waals surface area contributed by atoms with Crippen molar-refractivity contribution in [2.75, 3.05) is 25.1 Å². The zero-order chi connectivity index (χ0) is 21.9. The first kappa shape index (κ1) is 20.9. The Balaban J connectivity index is 1.42. The fraction of sp³-hybridized carbons (Fsp3) is 0.261. The SMILES string of the molecule is COc1ccccc1-c1cc(CSc2nnc(N3CCCC3)n2-c2ccccc2Cl)on1. The van der Waals surface area contributed by atoms with Crippen molar-refractivity contribution < 1.29 is 9.26 Å². The first-order valence-corrected chi connectivity index (χ1v) is 11.8. The van der Waals surface area contributed by atoms with E-state index in [4.69, 9.17) is 20.9 Å². The number of hydrogen-bond donors (Lipinski definition) is 0. The van der Waals surface area contributed by atoms with Crippen molar-refractivity contribution in [1.29, 1.82) is 0 Å². The molecule has 4 aromatic rings. The van der Waals surface area contributed by atoms with E-state index >= 15 is 0 Å². The third kappa shape index (κ3) is 4.08. The fourth-order valence-corrected chi connectivity index (χ4v) is 4.86. The molecule has 0 spiro atoms. The predicted molar refractivity (Wildman–Crippen MR) is 126 cm³/mol. The molecule has 1 aliphatic rings. The van der Waals surface area contributed by atoms with Crippen LogP contribution in [0.5, 0.6) is 5.75 Å². The minimum atomic E-state index is 0.560. The van der Waals surface area contributed by atoms with Crippen LogP contribution in [0, 0.1) is 0 Å². The molecular weight excluding hydrogens is 446 g/mol. The highest BCUT2D eigenvalue weighted by Gasteiger charge is 2.24. The van der Waals surface area contributed by atoms with Crippen molar-refractivity contribution in [1.82, 2.24) is 19.9 Å². The zero-order valence-electron chi connectivity index (χ0n) is 17.6. The van der Waals surface area contributed by atoms with Crippen molar-refractivity contribution in [2.45, 2.75) is 23.8 Å². The average Bonchev–Trinajstić information content (AvgIpc) is 3.58. The van der Waals surface area contributed by atoms with Crippen LogP contribution in [-0.4, -0.2) is 40.1 Å². The summed E-state index contributed by atoms with van der Waals surface area (Å²) in [5.74, 6) is 2.89. The summed E-state index contributed by atoms with van der Waals surface area (Å²) in [4.78, 5) is 2.26. The largest absolute Gasteiger partial charge is 0.496 e. The number of aromatic nitrogens is 4. The number of rotatable bonds is 7. The molecule has 0 radical (unpaired) electrons. The van der Waals surface area contributed by atoms with Crippen LogP contribution in [-0.2, 0) is 5.75 Å². The summed E-state index contributed by atoms with van der Waals surface area (Å²) in [5, 5.41) is 14.6. The Bertz CT molecular complexity index is 1220. The zero-order valence-corrected chi connectivity index (χ0v) is 19.1. The van der Waals surface area contributed by atoms with Crippen LogP contribution in [0.2, 0.25) is 5.02 Å². The number of ether oxygens (including phenoxy) is 1. The number of para-hydroxylation sites is 2. The lowest BCUT2D eigenvalue weighted by atomic mass is 10.1. The number of halogens is 1. The molecule has 0 atom stereocenters. The summed E-state index contributed by atoms with van der Waals surface area (Å²) in [6, 6.07) is 17.5. The molecule has 164 valence electrons. The molecule has 7 nitrogen and oxygen atoms in total. The molecule has 0 aliphatic carbocycles. The van der Waals surface area contributed by atoms with Gasteiger partial charge >= 0.3 is 0 Å². The second-order valence-corrected chi connectivity index (χ2v) is 8.78. The maximum atomic E-state index is 6.54. The standard InChI is InChI=1S/C23H22ClN5O2S/c1-30-21-11-5-2-8-17(21)19-14-16(31-27-19)15-32-23-26-25-22(28-12-6-7-13-28)29(23)20-10-4-3-9-18(20)24/h2-5,8-11,14H,6-7,12-13,15H2,1H3. The fourth-order valence-electron chi connectivity index (χ4n) is 3.82. The van der Waals surface area contributed by atoms with Gasteiger partial charge in [0.25, 0.3) is 0 Å². The van der Waals surface area contributed by atoms with Crippen LogP contribution in [0.15, 0.2) is 64.3 Å². The molecule has 1 fully saturated rings. The van der Waals surface area contributed by atoms with Crippen LogP contribution in [0.1, 0.15) is 18.6 Å². The molecule has 5 rings (SSSR count). The van der Waals surface area contributed by atoms with E-state index in [1.165, 1.54) is 0 Å². The van der Waals surface area contributed by atoms with Crippen LogP contribution >= 0.6 is 23.4 Å². The number of nitrogens with zero attached hydrogens (tertiary/aromatic N) is 5. The van der Waals surface area contributed by atoms with Gasteiger partial charge in [0.2, 0.25) is 5.95 Å². The van der Waals surface area contributed by atoms with Gasteiger partial charge in [0, 0.05) is 24.7 Å². The van der Waals surface area contributed by atoms with Crippen LogP contribution in [0.25, 0.3) is 16.9 Å². The Morgan fingerprint density at radius 1 is 1.06 bits per heavy atom. The van der Waals surface area contributed by atoms with Gasteiger partial charge in [-0.15, -0.1) is 10.2 Å². The van der Waals surface area contributed by atoms with Crippen molar-refractivity contribution >= 4 is 29.3 Å². The van der Waals surface area contributed by atoms with Gasteiger partial charge in [-0.1, -0.05) is 52.8 Å². The van der Waals surface area contributed by atoms with E-state index in [0.717, 1.165) is 65.5 Å². The summed E-state index contributed by atoms with van der Waals surface area (Å²) in [5.41, 5.74) is 2.50. The first-order chi connectivity index (χ1) is 15.7. The van der Waals surface area contributed by atoms with E-state index in [-0.39, 0.29) is 0 Å². The summed E-state index contributed by atoms with van der Waals surface area (Å²) < 4.78 is 13.1. The van der Waals surface area contributed by atoms with Crippen LogP contribution < -0.4 is 9.64 Å². The molecule has 0 amide bonds. The maximum absolute atomic E-state index is 6.54. The molecule has 9 heteroatoms. The molecular formula is C23H22ClN5O2S. The highest BCUT2D eigenvalue weighted by molar-refractivity contribution is 7.98. The van der Waals surface area contributed by atoms with Gasteiger partial charge in [0.15, 0.2) is 5.16 Å². The van der Waals surface area contributed by atoms with Gasteiger partial charge in [0.1, 0.15) is 17.2 Å². The lowest BCUT2D eigenvalue weighted by Gasteiger charge is -2.18. The van der Waals surface area contributed by atoms with E-state index in [2.05, 4.69) is 20.3 Å². The predicted octanol–water partition coefficient (Wildman–Crippen LogP) is 5.48. The van der Waals surface area contributed by atoms with Crippen molar-refractivity contribution in [3.8, 4) is 22.7 Å². The van der Waals surface area contributed by atoms with Gasteiger partial charge < -0.3 is 14.2 Å². The second-order valence-electron chi connectivity index (χ2n) is 7.43. The number of anilines is 1. The Morgan fingerprint density at radius 2 is 1.84 bits per heavy atom. The van der Waals surface area contributed by atoms with E-state index < -0.39 is 0 Å². The Labute approximate surface area is 195 Å². The molecule has 0 N–H and O–H groups in total. The van der Waals surface area contributed by atoms with Gasteiger partial charge in [-0.3, -0.25) is 4.57 Å². The van der Waals surface area contributed by atoms with Gasteiger partial charge in [-0.05, 0) is 37.1 Å². The maximum Gasteiger partial charge on any atom is 0.232 e. The lowest BCUT2D eigenvalue weighted by Crippen LogP contribution is -2.22. The Kier molecular flexibility index (Phi) is 6.05. The Hall–Kier alpha value is -2.97. The molecule has 1 saturated heterocycles.